The van der Waals surface area contributed by atoms with Gasteiger partial charge in [0.1, 0.15) is 5.82 Å². The Morgan fingerprint density at radius 1 is 1.47 bits per heavy atom. The van der Waals surface area contributed by atoms with Crippen molar-refractivity contribution >= 4 is 0 Å². The number of nitrogens with zero attached hydrogens (tertiary/aromatic N) is 1. The molecule has 17 heavy (non-hydrogen) atoms. The molecular formula is C14H17FN2. The summed E-state index contributed by atoms with van der Waals surface area (Å²) >= 11 is 0. The fraction of sp³-hybridized carbons (Fsp3) is 0.500. The van der Waals surface area contributed by atoms with Crippen LogP contribution in [0.4, 0.5) is 4.39 Å². The van der Waals surface area contributed by atoms with Crippen LogP contribution in [0.5, 0.6) is 0 Å². The first kappa shape index (κ1) is 12.1. The van der Waals surface area contributed by atoms with Gasteiger partial charge < -0.3 is 5.32 Å². The molecule has 0 radical (unpaired) electrons. The molecule has 0 spiro atoms. The van der Waals surface area contributed by atoms with E-state index in [4.69, 9.17) is 5.26 Å². The molecule has 1 saturated carbocycles. The first-order chi connectivity index (χ1) is 8.20. The zero-order chi connectivity index (χ0) is 12.3. The fourth-order valence-electron chi connectivity index (χ4n) is 2.51. The quantitative estimate of drug-likeness (QED) is 0.868. The van der Waals surface area contributed by atoms with E-state index in [1.807, 2.05) is 13.0 Å². The van der Waals surface area contributed by atoms with Gasteiger partial charge in [0.05, 0.1) is 12.0 Å². The molecule has 0 amide bonds. The summed E-state index contributed by atoms with van der Waals surface area (Å²) in [4.78, 5) is 0. The van der Waals surface area contributed by atoms with Crippen molar-refractivity contribution in [2.75, 3.05) is 0 Å². The third kappa shape index (κ3) is 2.83. The van der Waals surface area contributed by atoms with Crippen LogP contribution in [-0.2, 0) is 0 Å². The first-order valence-corrected chi connectivity index (χ1v) is 6.12. The number of hydrogen-bond donors (Lipinski definition) is 1. The van der Waals surface area contributed by atoms with Crippen LogP contribution in [0.2, 0.25) is 0 Å². The zero-order valence-electron chi connectivity index (χ0n) is 9.99. The summed E-state index contributed by atoms with van der Waals surface area (Å²) < 4.78 is 13.1. The molecule has 0 aromatic heterocycles. The Hall–Kier alpha value is -1.40. The van der Waals surface area contributed by atoms with Crippen molar-refractivity contribution in [1.82, 2.24) is 5.32 Å². The minimum atomic E-state index is -0.209. The molecule has 1 aromatic carbocycles. The van der Waals surface area contributed by atoms with Gasteiger partial charge in [0.2, 0.25) is 0 Å². The Balaban J connectivity index is 2.02. The van der Waals surface area contributed by atoms with Crippen molar-refractivity contribution in [2.45, 2.75) is 38.3 Å². The summed E-state index contributed by atoms with van der Waals surface area (Å²) in [6.45, 7) is 2.02. The van der Waals surface area contributed by atoms with Gasteiger partial charge in [0.15, 0.2) is 0 Å². The van der Waals surface area contributed by atoms with Crippen molar-refractivity contribution in [3.05, 3.63) is 35.6 Å². The van der Waals surface area contributed by atoms with Gasteiger partial charge in [-0.1, -0.05) is 18.6 Å². The van der Waals surface area contributed by atoms with E-state index >= 15 is 0 Å². The largest absolute Gasteiger partial charge is 0.306 e. The normalized spacial score (nSPS) is 25.5. The molecule has 3 heteroatoms. The zero-order valence-corrected chi connectivity index (χ0v) is 9.99. The average Bonchev–Trinajstić information content (AvgIpc) is 2.76. The highest BCUT2D eigenvalue weighted by atomic mass is 19.1. The lowest BCUT2D eigenvalue weighted by molar-refractivity contribution is 0.416. The maximum atomic E-state index is 13.1. The maximum Gasteiger partial charge on any atom is 0.123 e. The van der Waals surface area contributed by atoms with Crippen LogP contribution in [0.15, 0.2) is 24.3 Å². The van der Waals surface area contributed by atoms with E-state index in [-0.39, 0.29) is 23.8 Å². The minimum absolute atomic E-state index is 0.0876. The lowest BCUT2D eigenvalue weighted by Gasteiger charge is -2.21. The van der Waals surface area contributed by atoms with E-state index in [0.29, 0.717) is 0 Å². The van der Waals surface area contributed by atoms with Crippen molar-refractivity contribution in [3.63, 3.8) is 0 Å². The van der Waals surface area contributed by atoms with Crippen molar-refractivity contribution in [1.29, 1.82) is 5.26 Å². The topological polar surface area (TPSA) is 35.8 Å². The summed E-state index contributed by atoms with van der Waals surface area (Å²) in [5, 5.41) is 12.4. The van der Waals surface area contributed by atoms with Gasteiger partial charge in [-0.05, 0) is 37.5 Å². The molecule has 1 N–H and O–H groups in total. The molecule has 1 aliphatic rings. The molecule has 2 rings (SSSR count). The van der Waals surface area contributed by atoms with E-state index in [9.17, 15) is 4.39 Å². The highest BCUT2D eigenvalue weighted by molar-refractivity contribution is 5.20. The molecule has 2 nitrogen and oxygen atoms in total. The monoisotopic (exact) mass is 232 g/mol. The SMILES string of the molecule is CC(NC1CCCC1C#N)c1cccc(F)c1. The summed E-state index contributed by atoms with van der Waals surface area (Å²) in [6.07, 6.45) is 3.12. The van der Waals surface area contributed by atoms with E-state index in [0.717, 1.165) is 24.8 Å². The second kappa shape index (κ2) is 5.29. The number of nitriles is 1. The molecule has 0 aliphatic heterocycles. The van der Waals surface area contributed by atoms with Gasteiger partial charge in [0, 0.05) is 12.1 Å². The summed E-state index contributed by atoms with van der Waals surface area (Å²) in [7, 11) is 0. The summed E-state index contributed by atoms with van der Waals surface area (Å²) in [5.41, 5.74) is 0.939. The minimum Gasteiger partial charge on any atom is -0.306 e. The van der Waals surface area contributed by atoms with Gasteiger partial charge in [-0.25, -0.2) is 4.39 Å². The third-order valence-corrected chi connectivity index (χ3v) is 3.49. The fourth-order valence-corrected chi connectivity index (χ4v) is 2.51. The van der Waals surface area contributed by atoms with Crippen LogP contribution < -0.4 is 5.32 Å². The lowest BCUT2D eigenvalue weighted by atomic mass is 10.0. The van der Waals surface area contributed by atoms with Crippen LogP contribution in [0.25, 0.3) is 0 Å². The molecule has 0 saturated heterocycles. The van der Waals surface area contributed by atoms with Gasteiger partial charge >= 0.3 is 0 Å². The molecule has 1 fully saturated rings. The van der Waals surface area contributed by atoms with E-state index in [1.54, 1.807) is 12.1 Å². The van der Waals surface area contributed by atoms with Crippen molar-refractivity contribution in [2.24, 2.45) is 5.92 Å². The van der Waals surface area contributed by atoms with Crippen molar-refractivity contribution < 1.29 is 4.39 Å². The molecule has 1 aromatic rings. The van der Waals surface area contributed by atoms with Crippen LogP contribution in [0.3, 0.4) is 0 Å². The molecule has 0 heterocycles. The number of hydrogen-bond acceptors (Lipinski definition) is 2. The van der Waals surface area contributed by atoms with Gasteiger partial charge in [0.25, 0.3) is 0 Å². The Labute approximate surface area is 101 Å². The Kier molecular flexibility index (Phi) is 3.75. The number of rotatable bonds is 3. The summed E-state index contributed by atoms with van der Waals surface area (Å²) in [5.74, 6) is -0.106. The highest BCUT2D eigenvalue weighted by Gasteiger charge is 2.28. The second-order valence-corrected chi connectivity index (χ2v) is 4.72. The maximum absolute atomic E-state index is 13.1. The highest BCUT2D eigenvalue weighted by Crippen LogP contribution is 2.27. The molecule has 0 bridgehead atoms. The van der Waals surface area contributed by atoms with Crippen LogP contribution in [0.1, 0.15) is 37.8 Å². The molecule has 90 valence electrons. The van der Waals surface area contributed by atoms with Gasteiger partial charge in [-0.15, -0.1) is 0 Å². The molecule has 3 unspecified atom stereocenters. The van der Waals surface area contributed by atoms with Crippen LogP contribution in [-0.4, -0.2) is 6.04 Å². The van der Waals surface area contributed by atoms with E-state index in [2.05, 4.69) is 11.4 Å². The Morgan fingerprint density at radius 2 is 2.29 bits per heavy atom. The van der Waals surface area contributed by atoms with E-state index in [1.165, 1.54) is 6.07 Å². The smallest absolute Gasteiger partial charge is 0.123 e. The standard InChI is InChI=1S/C14H17FN2/c1-10(11-4-2-6-13(15)8-11)17-14-7-3-5-12(14)9-16/h2,4,6,8,10,12,14,17H,3,5,7H2,1H3. The van der Waals surface area contributed by atoms with Gasteiger partial charge in [-0.3, -0.25) is 0 Å². The second-order valence-electron chi connectivity index (χ2n) is 4.72. The Bertz CT molecular complexity index is 424. The van der Waals surface area contributed by atoms with Crippen molar-refractivity contribution in [3.8, 4) is 6.07 Å². The molecular weight excluding hydrogens is 215 g/mol. The lowest BCUT2D eigenvalue weighted by Crippen LogP contribution is -2.33. The Morgan fingerprint density at radius 3 is 3.00 bits per heavy atom. The summed E-state index contributed by atoms with van der Waals surface area (Å²) in [6, 6.07) is 9.31. The first-order valence-electron chi connectivity index (χ1n) is 6.12. The van der Waals surface area contributed by atoms with Gasteiger partial charge in [-0.2, -0.15) is 5.26 Å². The predicted octanol–water partition coefficient (Wildman–Crippen LogP) is 3.17. The number of halogens is 1. The third-order valence-electron chi connectivity index (χ3n) is 3.49. The van der Waals surface area contributed by atoms with Crippen LogP contribution >= 0.6 is 0 Å². The molecule has 1 aliphatic carbocycles. The van der Waals surface area contributed by atoms with E-state index < -0.39 is 0 Å². The average molecular weight is 232 g/mol. The number of nitrogens with one attached hydrogen (secondary N) is 1. The van der Waals surface area contributed by atoms with Crippen LogP contribution in [0, 0.1) is 23.1 Å². The number of benzene rings is 1. The predicted molar refractivity (Wildman–Crippen MR) is 64.7 cm³/mol. The molecule has 3 atom stereocenters.